The van der Waals surface area contributed by atoms with Crippen LogP contribution in [0, 0.1) is 0 Å². The molecule has 1 aliphatic heterocycles. The van der Waals surface area contributed by atoms with E-state index in [4.69, 9.17) is 5.11 Å². The summed E-state index contributed by atoms with van der Waals surface area (Å²) in [6.07, 6.45) is 3.69. The fraction of sp³-hybridized carbons (Fsp3) is 0.583. The van der Waals surface area contributed by atoms with Crippen molar-refractivity contribution < 1.29 is 5.11 Å². The molecule has 0 bridgehead atoms. The third kappa shape index (κ3) is 3.27. The monoisotopic (exact) mass is 221 g/mol. The Kier molecular flexibility index (Phi) is 4.27. The molecule has 1 aromatic heterocycles. The predicted octanol–water partition coefficient (Wildman–Crippen LogP) is 0.191. The van der Waals surface area contributed by atoms with Gasteiger partial charge in [-0.25, -0.2) is 0 Å². The maximum absolute atomic E-state index is 8.86. The number of hydrogen-bond donors (Lipinski definition) is 1. The van der Waals surface area contributed by atoms with Crippen molar-refractivity contribution in [3.05, 3.63) is 30.1 Å². The number of aliphatic hydroxyl groups is 1. The molecule has 1 aromatic rings. The zero-order chi connectivity index (χ0) is 11.2. The highest BCUT2D eigenvalue weighted by molar-refractivity contribution is 5.09. The van der Waals surface area contributed by atoms with E-state index in [2.05, 4.69) is 26.9 Å². The van der Waals surface area contributed by atoms with E-state index < -0.39 is 0 Å². The van der Waals surface area contributed by atoms with Crippen LogP contribution < -0.4 is 0 Å². The minimum Gasteiger partial charge on any atom is -0.395 e. The highest BCUT2D eigenvalue weighted by Gasteiger charge is 2.15. The molecule has 4 heteroatoms. The van der Waals surface area contributed by atoms with E-state index in [9.17, 15) is 0 Å². The van der Waals surface area contributed by atoms with Crippen LogP contribution in [-0.2, 0) is 6.54 Å². The van der Waals surface area contributed by atoms with Gasteiger partial charge < -0.3 is 5.11 Å². The largest absolute Gasteiger partial charge is 0.395 e. The van der Waals surface area contributed by atoms with Crippen LogP contribution >= 0.6 is 0 Å². The van der Waals surface area contributed by atoms with E-state index >= 15 is 0 Å². The summed E-state index contributed by atoms with van der Waals surface area (Å²) in [4.78, 5) is 8.78. The van der Waals surface area contributed by atoms with E-state index in [1.807, 2.05) is 12.4 Å². The lowest BCUT2D eigenvalue weighted by molar-refractivity contribution is 0.108. The Morgan fingerprint density at radius 2 is 1.69 bits per heavy atom. The summed E-state index contributed by atoms with van der Waals surface area (Å²) in [6, 6.07) is 4.14. The molecule has 0 aromatic carbocycles. The highest BCUT2D eigenvalue weighted by atomic mass is 16.3. The fourth-order valence-corrected chi connectivity index (χ4v) is 2.06. The molecular weight excluding hydrogens is 202 g/mol. The van der Waals surface area contributed by atoms with Crippen molar-refractivity contribution in [2.45, 2.75) is 6.54 Å². The Morgan fingerprint density at radius 1 is 1.06 bits per heavy atom. The minimum atomic E-state index is 0.268. The van der Waals surface area contributed by atoms with Crippen LogP contribution in [0.5, 0.6) is 0 Å². The predicted molar refractivity (Wildman–Crippen MR) is 63.0 cm³/mol. The SMILES string of the molecule is OCCN1CCN(Cc2ccncc2)CC1. The van der Waals surface area contributed by atoms with Crippen molar-refractivity contribution in [2.24, 2.45) is 0 Å². The normalized spacial score (nSPS) is 18.8. The highest BCUT2D eigenvalue weighted by Crippen LogP contribution is 2.07. The lowest BCUT2D eigenvalue weighted by atomic mass is 10.2. The molecule has 1 saturated heterocycles. The quantitative estimate of drug-likeness (QED) is 0.788. The Labute approximate surface area is 96.5 Å². The first-order chi connectivity index (χ1) is 7.88. The number of nitrogens with zero attached hydrogens (tertiary/aromatic N) is 3. The molecule has 0 atom stereocenters. The molecule has 16 heavy (non-hydrogen) atoms. The van der Waals surface area contributed by atoms with Gasteiger partial charge in [0.1, 0.15) is 0 Å². The molecular formula is C12H19N3O. The third-order valence-electron chi connectivity index (χ3n) is 3.04. The van der Waals surface area contributed by atoms with Gasteiger partial charge in [0.05, 0.1) is 6.61 Å². The summed E-state index contributed by atoms with van der Waals surface area (Å²) >= 11 is 0. The van der Waals surface area contributed by atoms with Crippen LogP contribution in [0.3, 0.4) is 0 Å². The maximum atomic E-state index is 8.86. The second-order valence-corrected chi connectivity index (χ2v) is 4.20. The lowest BCUT2D eigenvalue weighted by Crippen LogP contribution is -2.46. The Balaban J connectivity index is 1.77. The van der Waals surface area contributed by atoms with Crippen molar-refractivity contribution in [3.8, 4) is 0 Å². The molecule has 1 fully saturated rings. The number of pyridine rings is 1. The molecule has 1 N–H and O–H groups in total. The van der Waals surface area contributed by atoms with E-state index in [1.165, 1.54) is 5.56 Å². The van der Waals surface area contributed by atoms with E-state index in [0.29, 0.717) is 0 Å². The summed E-state index contributed by atoms with van der Waals surface area (Å²) < 4.78 is 0. The van der Waals surface area contributed by atoms with E-state index in [-0.39, 0.29) is 6.61 Å². The Morgan fingerprint density at radius 3 is 2.31 bits per heavy atom. The van der Waals surface area contributed by atoms with Gasteiger partial charge in [-0.1, -0.05) is 0 Å². The zero-order valence-corrected chi connectivity index (χ0v) is 9.55. The molecule has 88 valence electrons. The first-order valence-corrected chi connectivity index (χ1v) is 5.83. The molecule has 2 heterocycles. The van der Waals surface area contributed by atoms with Crippen molar-refractivity contribution in [2.75, 3.05) is 39.3 Å². The van der Waals surface area contributed by atoms with Gasteiger partial charge in [0.2, 0.25) is 0 Å². The summed E-state index contributed by atoms with van der Waals surface area (Å²) in [7, 11) is 0. The number of aliphatic hydroxyl groups excluding tert-OH is 1. The van der Waals surface area contributed by atoms with Gasteiger partial charge in [0.15, 0.2) is 0 Å². The lowest BCUT2D eigenvalue weighted by Gasteiger charge is -2.34. The molecule has 1 aliphatic rings. The molecule has 0 spiro atoms. The van der Waals surface area contributed by atoms with Crippen molar-refractivity contribution in [3.63, 3.8) is 0 Å². The van der Waals surface area contributed by atoms with E-state index in [1.54, 1.807) is 0 Å². The topological polar surface area (TPSA) is 39.6 Å². The van der Waals surface area contributed by atoms with Gasteiger partial charge in [-0.15, -0.1) is 0 Å². The van der Waals surface area contributed by atoms with Gasteiger partial charge >= 0.3 is 0 Å². The van der Waals surface area contributed by atoms with Crippen LogP contribution in [0.4, 0.5) is 0 Å². The van der Waals surface area contributed by atoms with Crippen LogP contribution in [0.1, 0.15) is 5.56 Å². The number of aromatic nitrogens is 1. The first-order valence-electron chi connectivity index (χ1n) is 5.83. The van der Waals surface area contributed by atoms with Crippen molar-refractivity contribution >= 4 is 0 Å². The summed E-state index contributed by atoms with van der Waals surface area (Å²) in [5, 5.41) is 8.86. The standard InChI is InChI=1S/C12H19N3O/c16-10-9-14-5-7-15(8-6-14)11-12-1-3-13-4-2-12/h1-4,16H,5-11H2. The number of β-amino-alcohol motifs (C(OH)–C–C–N with tert-alkyl or cyclic N) is 1. The maximum Gasteiger partial charge on any atom is 0.0558 e. The number of piperazine rings is 1. The molecule has 0 radical (unpaired) electrons. The molecule has 0 amide bonds. The molecule has 0 saturated carbocycles. The first kappa shape index (κ1) is 11.5. The van der Waals surface area contributed by atoms with Gasteiger partial charge in [-0.05, 0) is 17.7 Å². The van der Waals surface area contributed by atoms with Gasteiger partial charge in [0, 0.05) is 51.7 Å². The number of hydrogen-bond acceptors (Lipinski definition) is 4. The Hall–Kier alpha value is -0.970. The molecule has 0 unspecified atom stereocenters. The average molecular weight is 221 g/mol. The third-order valence-corrected chi connectivity index (χ3v) is 3.04. The Bertz CT molecular complexity index is 296. The van der Waals surface area contributed by atoms with Gasteiger partial charge in [-0.2, -0.15) is 0 Å². The number of rotatable bonds is 4. The van der Waals surface area contributed by atoms with Crippen molar-refractivity contribution in [1.29, 1.82) is 0 Å². The summed E-state index contributed by atoms with van der Waals surface area (Å²) in [5.74, 6) is 0. The van der Waals surface area contributed by atoms with Crippen LogP contribution in [0.25, 0.3) is 0 Å². The summed E-state index contributed by atoms with van der Waals surface area (Å²) in [6.45, 7) is 6.38. The van der Waals surface area contributed by atoms with Crippen molar-refractivity contribution in [1.82, 2.24) is 14.8 Å². The van der Waals surface area contributed by atoms with Gasteiger partial charge in [-0.3, -0.25) is 14.8 Å². The minimum absolute atomic E-state index is 0.268. The molecule has 2 rings (SSSR count). The van der Waals surface area contributed by atoms with Crippen LogP contribution in [-0.4, -0.2) is 59.2 Å². The van der Waals surface area contributed by atoms with Crippen LogP contribution in [0.2, 0.25) is 0 Å². The average Bonchev–Trinajstić information content (AvgIpc) is 2.33. The smallest absolute Gasteiger partial charge is 0.0558 e. The second-order valence-electron chi connectivity index (χ2n) is 4.20. The molecule has 4 nitrogen and oxygen atoms in total. The fourth-order valence-electron chi connectivity index (χ4n) is 2.06. The molecule has 0 aliphatic carbocycles. The second kappa shape index (κ2) is 5.94. The van der Waals surface area contributed by atoms with E-state index in [0.717, 1.165) is 39.3 Å². The van der Waals surface area contributed by atoms with Gasteiger partial charge in [0.25, 0.3) is 0 Å². The summed E-state index contributed by atoms with van der Waals surface area (Å²) in [5.41, 5.74) is 1.32. The zero-order valence-electron chi connectivity index (χ0n) is 9.55. The van der Waals surface area contributed by atoms with Crippen LogP contribution in [0.15, 0.2) is 24.5 Å².